The SMILES string of the molecule is C=CC[C@H]1O[C@H](CO[Si](C)(C)C(C)(C)C)C[C@@H](OC(=O)c2ccccc2)C1(C)C. The number of hydrogen-bond acceptors (Lipinski definition) is 4. The van der Waals surface area contributed by atoms with Crippen LogP contribution in [0.1, 0.15) is 57.8 Å². The summed E-state index contributed by atoms with van der Waals surface area (Å²) < 4.78 is 18.8. The Morgan fingerprint density at radius 1 is 1.28 bits per heavy atom. The standard InChI is InChI=1S/C24H38O4Si/c1-9-13-20-24(5,6)21(28-22(25)18-14-11-10-12-15-18)16-19(27-20)17-26-29(7,8)23(2,3)4/h9-12,14-15,19-21H,1,13,16-17H2,2-8H3/t19-,20+,21+/m0/s1. The average Bonchev–Trinajstić information content (AvgIpc) is 2.63. The molecule has 0 bridgehead atoms. The molecule has 2 rings (SSSR count). The molecule has 0 spiro atoms. The van der Waals surface area contributed by atoms with E-state index in [-0.39, 0.29) is 34.7 Å². The third-order valence-electron chi connectivity index (χ3n) is 6.57. The first-order chi connectivity index (χ1) is 13.4. The van der Waals surface area contributed by atoms with E-state index < -0.39 is 8.32 Å². The Bertz CT molecular complexity index is 691. The first kappa shape index (κ1) is 23.8. The maximum atomic E-state index is 12.7. The maximum Gasteiger partial charge on any atom is 0.338 e. The molecule has 1 fully saturated rings. The van der Waals surface area contributed by atoms with Crippen LogP contribution < -0.4 is 0 Å². The summed E-state index contributed by atoms with van der Waals surface area (Å²) in [6.45, 7) is 19.8. The average molecular weight is 419 g/mol. The van der Waals surface area contributed by atoms with E-state index in [0.29, 0.717) is 25.0 Å². The first-order valence-corrected chi connectivity index (χ1v) is 13.5. The van der Waals surface area contributed by atoms with Gasteiger partial charge in [0.15, 0.2) is 8.32 Å². The van der Waals surface area contributed by atoms with Crippen LogP contribution >= 0.6 is 0 Å². The van der Waals surface area contributed by atoms with Crippen molar-refractivity contribution in [3.63, 3.8) is 0 Å². The number of benzene rings is 1. The van der Waals surface area contributed by atoms with Gasteiger partial charge >= 0.3 is 5.97 Å². The van der Waals surface area contributed by atoms with Crippen LogP contribution in [0.3, 0.4) is 0 Å². The fraction of sp³-hybridized carbons (Fsp3) is 0.625. The van der Waals surface area contributed by atoms with Gasteiger partial charge in [-0.3, -0.25) is 0 Å². The highest BCUT2D eigenvalue weighted by atomic mass is 28.4. The third-order valence-corrected chi connectivity index (χ3v) is 11.1. The molecule has 0 saturated carbocycles. The van der Waals surface area contributed by atoms with Crippen LogP contribution in [0.5, 0.6) is 0 Å². The Morgan fingerprint density at radius 2 is 1.90 bits per heavy atom. The highest BCUT2D eigenvalue weighted by Crippen LogP contribution is 2.42. The Kier molecular flexibility index (Phi) is 7.52. The van der Waals surface area contributed by atoms with Gasteiger partial charge in [-0.2, -0.15) is 0 Å². The molecule has 3 atom stereocenters. The summed E-state index contributed by atoms with van der Waals surface area (Å²) in [4.78, 5) is 12.7. The van der Waals surface area contributed by atoms with E-state index in [9.17, 15) is 4.79 Å². The van der Waals surface area contributed by atoms with Gasteiger partial charge in [0, 0.05) is 11.8 Å². The van der Waals surface area contributed by atoms with Gasteiger partial charge in [-0.25, -0.2) is 4.79 Å². The van der Waals surface area contributed by atoms with E-state index in [1.165, 1.54) is 0 Å². The van der Waals surface area contributed by atoms with Crippen LogP contribution in [-0.4, -0.2) is 39.2 Å². The summed E-state index contributed by atoms with van der Waals surface area (Å²) >= 11 is 0. The predicted molar refractivity (Wildman–Crippen MR) is 121 cm³/mol. The lowest BCUT2D eigenvalue weighted by Crippen LogP contribution is -2.54. The number of ether oxygens (including phenoxy) is 2. The molecule has 4 nitrogen and oxygen atoms in total. The maximum absolute atomic E-state index is 12.7. The summed E-state index contributed by atoms with van der Waals surface area (Å²) in [6, 6.07) is 9.16. The van der Waals surface area contributed by atoms with Crippen molar-refractivity contribution >= 4 is 14.3 Å². The van der Waals surface area contributed by atoms with Crippen molar-refractivity contribution in [3.8, 4) is 0 Å². The van der Waals surface area contributed by atoms with Crippen molar-refractivity contribution in [2.75, 3.05) is 6.61 Å². The molecule has 0 N–H and O–H groups in total. The van der Waals surface area contributed by atoms with Gasteiger partial charge in [0.25, 0.3) is 0 Å². The van der Waals surface area contributed by atoms with E-state index in [4.69, 9.17) is 13.9 Å². The van der Waals surface area contributed by atoms with Crippen molar-refractivity contribution in [3.05, 3.63) is 48.6 Å². The molecule has 0 unspecified atom stereocenters. The van der Waals surface area contributed by atoms with E-state index >= 15 is 0 Å². The lowest BCUT2D eigenvalue weighted by atomic mass is 9.75. The van der Waals surface area contributed by atoms with Crippen LogP contribution in [0.2, 0.25) is 18.1 Å². The van der Waals surface area contributed by atoms with E-state index in [1.807, 2.05) is 24.3 Å². The van der Waals surface area contributed by atoms with Gasteiger partial charge in [0.2, 0.25) is 0 Å². The van der Waals surface area contributed by atoms with Gasteiger partial charge in [0.1, 0.15) is 6.10 Å². The van der Waals surface area contributed by atoms with Gasteiger partial charge < -0.3 is 13.9 Å². The Morgan fingerprint density at radius 3 is 2.45 bits per heavy atom. The molecule has 0 aromatic heterocycles. The molecule has 1 aromatic rings. The molecular weight excluding hydrogens is 380 g/mol. The van der Waals surface area contributed by atoms with Crippen molar-refractivity contribution in [1.82, 2.24) is 0 Å². The van der Waals surface area contributed by atoms with Crippen LogP contribution in [0.15, 0.2) is 43.0 Å². The molecule has 1 heterocycles. The molecule has 0 radical (unpaired) electrons. The van der Waals surface area contributed by atoms with Crippen LogP contribution in [-0.2, 0) is 13.9 Å². The molecule has 0 amide bonds. The summed E-state index contributed by atoms with van der Waals surface area (Å²) in [6.07, 6.45) is 2.80. The van der Waals surface area contributed by atoms with Crippen molar-refractivity contribution in [1.29, 1.82) is 0 Å². The second-order valence-corrected chi connectivity index (χ2v) is 15.0. The quantitative estimate of drug-likeness (QED) is 0.310. The van der Waals surface area contributed by atoms with Gasteiger partial charge in [0.05, 0.1) is 24.4 Å². The number of hydrogen-bond donors (Lipinski definition) is 0. The fourth-order valence-corrected chi connectivity index (χ4v) is 4.36. The lowest BCUT2D eigenvalue weighted by molar-refractivity contribution is -0.180. The number of rotatable bonds is 7. The van der Waals surface area contributed by atoms with Crippen molar-refractivity contribution in [2.45, 2.75) is 83.9 Å². The highest BCUT2D eigenvalue weighted by Gasteiger charge is 2.47. The number of esters is 1. The Balaban J connectivity index is 2.15. The molecule has 29 heavy (non-hydrogen) atoms. The van der Waals surface area contributed by atoms with Gasteiger partial charge in [-0.1, -0.05) is 58.9 Å². The smallest absolute Gasteiger partial charge is 0.338 e. The Hall–Kier alpha value is -1.43. The minimum atomic E-state index is -1.88. The second kappa shape index (κ2) is 9.15. The summed E-state index contributed by atoms with van der Waals surface area (Å²) in [5, 5.41) is 0.140. The predicted octanol–water partition coefficient (Wildman–Crippen LogP) is 5.99. The van der Waals surface area contributed by atoms with E-state index in [0.717, 1.165) is 0 Å². The summed E-state index contributed by atoms with van der Waals surface area (Å²) in [5.41, 5.74) is 0.260. The lowest BCUT2D eigenvalue weighted by Gasteiger charge is -2.47. The summed E-state index contributed by atoms with van der Waals surface area (Å²) in [7, 11) is -1.88. The fourth-order valence-electron chi connectivity index (χ4n) is 3.32. The summed E-state index contributed by atoms with van der Waals surface area (Å²) in [5.74, 6) is -0.285. The molecular formula is C24H38O4Si. The highest BCUT2D eigenvalue weighted by molar-refractivity contribution is 6.74. The van der Waals surface area contributed by atoms with Crippen molar-refractivity contribution < 1.29 is 18.7 Å². The normalized spacial score (nSPS) is 24.7. The zero-order valence-electron chi connectivity index (χ0n) is 19.2. The topological polar surface area (TPSA) is 44.8 Å². The largest absolute Gasteiger partial charge is 0.458 e. The molecule has 0 aliphatic carbocycles. The third kappa shape index (κ3) is 5.80. The van der Waals surface area contributed by atoms with Gasteiger partial charge in [-0.05, 0) is 36.7 Å². The molecule has 162 valence electrons. The minimum Gasteiger partial charge on any atom is -0.458 e. The Labute approximate surface area is 177 Å². The molecule has 1 aliphatic rings. The minimum absolute atomic E-state index is 0.0738. The second-order valence-electron chi connectivity index (χ2n) is 10.2. The zero-order chi connectivity index (χ0) is 21.9. The van der Waals surface area contributed by atoms with Crippen LogP contribution in [0.4, 0.5) is 0 Å². The number of carbonyl (C=O) groups excluding carboxylic acids is 1. The molecule has 5 heteroatoms. The molecule has 1 saturated heterocycles. The van der Waals surface area contributed by atoms with Crippen LogP contribution in [0.25, 0.3) is 0 Å². The van der Waals surface area contributed by atoms with E-state index in [1.54, 1.807) is 12.1 Å². The first-order valence-electron chi connectivity index (χ1n) is 10.5. The monoisotopic (exact) mass is 418 g/mol. The van der Waals surface area contributed by atoms with Crippen LogP contribution in [0, 0.1) is 5.41 Å². The van der Waals surface area contributed by atoms with Gasteiger partial charge in [-0.15, -0.1) is 6.58 Å². The molecule has 1 aliphatic heterocycles. The number of carbonyl (C=O) groups is 1. The van der Waals surface area contributed by atoms with E-state index in [2.05, 4.69) is 54.3 Å². The van der Waals surface area contributed by atoms with Crippen molar-refractivity contribution in [2.24, 2.45) is 5.41 Å². The zero-order valence-corrected chi connectivity index (χ0v) is 20.2. The molecule has 1 aromatic carbocycles.